The fourth-order valence-electron chi connectivity index (χ4n) is 1.32. The van der Waals surface area contributed by atoms with Crippen LogP contribution in [0.25, 0.3) is 0 Å². The number of hydrogen-bond donors (Lipinski definition) is 2. The van der Waals surface area contributed by atoms with Gasteiger partial charge in [-0.15, -0.1) is 0 Å². The van der Waals surface area contributed by atoms with E-state index in [1.54, 1.807) is 0 Å². The maximum atomic E-state index is 9.70. The van der Waals surface area contributed by atoms with Crippen LogP contribution in [-0.2, 0) is 9.47 Å². The largest absolute Gasteiger partial charge is 0.392 e. The fourth-order valence-corrected chi connectivity index (χ4v) is 1.32. The van der Waals surface area contributed by atoms with Gasteiger partial charge in [0.2, 0.25) is 0 Å². The molecule has 0 amide bonds. The average Bonchev–Trinajstić information content (AvgIpc) is 2.32. The SMILES string of the molecule is CC1(C)OC(C(O)/C=C\CO)OC1(C)C. The standard InChI is InChI=1S/C11H20O4/c1-10(2)11(3,4)15-9(14-10)8(13)6-5-7-12/h5-6,8-9,12-13H,7H2,1-4H3/b6-5-. The van der Waals surface area contributed by atoms with Crippen LogP contribution in [-0.4, -0.2) is 40.4 Å². The zero-order valence-electron chi connectivity index (χ0n) is 9.73. The zero-order valence-corrected chi connectivity index (χ0v) is 9.73. The lowest BCUT2D eigenvalue weighted by Gasteiger charge is -2.30. The second kappa shape index (κ2) is 4.22. The Labute approximate surface area is 90.5 Å². The second-order valence-corrected chi connectivity index (χ2v) is 4.73. The zero-order chi connectivity index (χ0) is 11.7. The van der Waals surface area contributed by atoms with Gasteiger partial charge in [-0.25, -0.2) is 0 Å². The van der Waals surface area contributed by atoms with Crippen molar-refractivity contribution < 1.29 is 19.7 Å². The van der Waals surface area contributed by atoms with Crippen LogP contribution in [0.2, 0.25) is 0 Å². The number of ether oxygens (including phenoxy) is 2. The molecule has 0 spiro atoms. The third-order valence-electron chi connectivity index (χ3n) is 2.99. The van der Waals surface area contributed by atoms with E-state index in [9.17, 15) is 5.11 Å². The Morgan fingerprint density at radius 2 is 1.67 bits per heavy atom. The van der Waals surface area contributed by atoms with Crippen LogP contribution in [0.4, 0.5) is 0 Å². The van der Waals surface area contributed by atoms with Gasteiger partial charge in [0, 0.05) is 0 Å². The Hall–Kier alpha value is -0.420. The first-order valence-electron chi connectivity index (χ1n) is 5.11. The van der Waals surface area contributed by atoms with Gasteiger partial charge >= 0.3 is 0 Å². The summed E-state index contributed by atoms with van der Waals surface area (Å²) in [5.41, 5.74) is -0.878. The minimum Gasteiger partial charge on any atom is -0.392 e. The summed E-state index contributed by atoms with van der Waals surface area (Å²) < 4.78 is 11.2. The molecule has 1 atom stereocenters. The van der Waals surface area contributed by atoms with Crippen molar-refractivity contribution in [3.63, 3.8) is 0 Å². The molecule has 4 heteroatoms. The van der Waals surface area contributed by atoms with Gasteiger partial charge in [-0.2, -0.15) is 0 Å². The molecule has 1 heterocycles. The molecule has 1 unspecified atom stereocenters. The lowest BCUT2D eigenvalue weighted by molar-refractivity contribution is -0.136. The summed E-state index contributed by atoms with van der Waals surface area (Å²) in [5.74, 6) is 0. The summed E-state index contributed by atoms with van der Waals surface area (Å²) in [5, 5.41) is 18.3. The maximum absolute atomic E-state index is 9.70. The van der Waals surface area contributed by atoms with E-state index in [0.717, 1.165) is 0 Å². The highest BCUT2D eigenvalue weighted by molar-refractivity contribution is 4.99. The summed E-state index contributed by atoms with van der Waals surface area (Å²) >= 11 is 0. The Balaban J connectivity index is 2.66. The van der Waals surface area contributed by atoms with Crippen molar-refractivity contribution in [3.8, 4) is 0 Å². The normalized spacial score (nSPS) is 27.3. The Kier molecular flexibility index (Phi) is 3.55. The average molecular weight is 216 g/mol. The quantitative estimate of drug-likeness (QED) is 0.686. The van der Waals surface area contributed by atoms with Crippen LogP contribution >= 0.6 is 0 Å². The summed E-state index contributed by atoms with van der Waals surface area (Å²) in [7, 11) is 0. The van der Waals surface area contributed by atoms with E-state index in [-0.39, 0.29) is 6.61 Å². The van der Waals surface area contributed by atoms with Crippen LogP contribution in [0.15, 0.2) is 12.2 Å². The molecule has 0 saturated carbocycles. The van der Waals surface area contributed by atoms with E-state index in [0.29, 0.717) is 0 Å². The van der Waals surface area contributed by atoms with Crippen molar-refractivity contribution in [1.82, 2.24) is 0 Å². The second-order valence-electron chi connectivity index (χ2n) is 4.73. The first-order chi connectivity index (χ1) is 6.80. The molecule has 0 aromatic carbocycles. The van der Waals surface area contributed by atoms with Gasteiger partial charge in [0.1, 0.15) is 6.10 Å². The summed E-state index contributed by atoms with van der Waals surface area (Å²) in [6.45, 7) is 7.60. The topological polar surface area (TPSA) is 58.9 Å². The van der Waals surface area contributed by atoms with Gasteiger partial charge in [0.15, 0.2) is 6.29 Å². The highest BCUT2D eigenvalue weighted by Crippen LogP contribution is 2.39. The molecular formula is C11H20O4. The molecular weight excluding hydrogens is 196 g/mol. The van der Waals surface area contributed by atoms with Gasteiger partial charge in [-0.05, 0) is 27.7 Å². The van der Waals surface area contributed by atoms with E-state index in [4.69, 9.17) is 14.6 Å². The molecule has 0 aromatic rings. The molecule has 0 aliphatic carbocycles. The minimum absolute atomic E-state index is 0.101. The highest BCUT2D eigenvalue weighted by Gasteiger charge is 2.50. The Bertz CT molecular complexity index is 229. The summed E-state index contributed by atoms with van der Waals surface area (Å²) in [4.78, 5) is 0. The van der Waals surface area contributed by atoms with E-state index in [1.807, 2.05) is 27.7 Å². The van der Waals surface area contributed by atoms with Crippen LogP contribution in [0.5, 0.6) is 0 Å². The van der Waals surface area contributed by atoms with Crippen LogP contribution < -0.4 is 0 Å². The molecule has 1 rings (SSSR count). The molecule has 1 saturated heterocycles. The number of aliphatic hydroxyl groups excluding tert-OH is 2. The number of hydrogen-bond acceptors (Lipinski definition) is 4. The fraction of sp³-hybridized carbons (Fsp3) is 0.818. The van der Waals surface area contributed by atoms with Crippen molar-refractivity contribution in [3.05, 3.63) is 12.2 Å². The predicted octanol–water partition coefficient (Wildman–Crippen LogP) is 0.826. The molecule has 15 heavy (non-hydrogen) atoms. The minimum atomic E-state index is -0.849. The third kappa shape index (κ3) is 2.58. The van der Waals surface area contributed by atoms with Crippen molar-refractivity contribution >= 4 is 0 Å². The van der Waals surface area contributed by atoms with Crippen molar-refractivity contribution in [1.29, 1.82) is 0 Å². The van der Waals surface area contributed by atoms with Crippen LogP contribution in [0, 0.1) is 0 Å². The van der Waals surface area contributed by atoms with E-state index < -0.39 is 23.6 Å². The maximum Gasteiger partial charge on any atom is 0.188 e. The first-order valence-corrected chi connectivity index (χ1v) is 5.11. The van der Waals surface area contributed by atoms with Gasteiger partial charge < -0.3 is 19.7 Å². The molecule has 4 nitrogen and oxygen atoms in total. The smallest absolute Gasteiger partial charge is 0.188 e. The monoisotopic (exact) mass is 216 g/mol. The molecule has 0 bridgehead atoms. The van der Waals surface area contributed by atoms with Gasteiger partial charge in [0.25, 0.3) is 0 Å². The van der Waals surface area contributed by atoms with Crippen LogP contribution in [0.3, 0.4) is 0 Å². The molecule has 88 valence electrons. The Morgan fingerprint density at radius 3 is 2.07 bits per heavy atom. The highest BCUT2D eigenvalue weighted by atomic mass is 16.8. The van der Waals surface area contributed by atoms with Crippen molar-refractivity contribution in [2.75, 3.05) is 6.61 Å². The summed E-state index contributed by atoms with van der Waals surface area (Å²) in [6, 6.07) is 0. The van der Waals surface area contributed by atoms with Crippen molar-refractivity contribution in [2.24, 2.45) is 0 Å². The van der Waals surface area contributed by atoms with Crippen molar-refractivity contribution in [2.45, 2.75) is 51.3 Å². The first kappa shape index (κ1) is 12.6. The number of rotatable bonds is 3. The summed E-state index contributed by atoms with van der Waals surface area (Å²) in [6.07, 6.45) is 1.42. The lowest BCUT2D eigenvalue weighted by Crippen LogP contribution is -2.41. The molecule has 0 aromatic heterocycles. The van der Waals surface area contributed by atoms with Crippen LogP contribution in [0.1, 0.15) is 27.7 Å². The van der Waals surface area contributed by atoms with Gasteiger partial charge in [-0.1, -0.05) is 12.2 Å². The molecule has 0 radical (unpaired) electrons. The predicted molar refractivity (Wildman–Crippen MR) is 56.3 cm³/mol. The lowest BCUT2D eigenvalue weighted by atomic mass is 9.90. The molecule has 2 N–H and O–H groups in total. The van der Waals surface area contributed by atoms with E-state index >= 15 is 0 Å². The number of aliphatic hydroxyl groups is 2. The molecule has 1 fully saturated rings. The van der Waals surface area contributed by atoms with Gasteiger partial charge in [-0.3, -0.25) is 0 Å². The molecule has 1 aliphatic rings. The Morgan fingerprint density at radius 1 is 1.20 bits per heavy atom. The van der Waals surface area contributed by atoms with Gasteiger partial charge in [0.05, 0.1) is 17.8 Å². The third-order valence-corrected chi connectivity index (χ3v) is 2.99. The van der Waals surface area contributed by atoms with E-state index in [1.165, 1.54) is 12.2 Å². The molecule has 1 aliphatic heterocycles. The van der Waals surface area contributed by atoms with E-state index in [2.05, 4.69) is 0 Å².